The van der Waals surface area contributed by atoms with E-state index in [0.29, 0.717) is 11.3 Å². The number of aromatic nitrogens is 1. The zero-order valence-electron chi connectivity index (χ0n) is 17.3. The molecule has 5 nitrogen and oxygen atoms in total. The van der Waals surface area contributed by atoms with Crippen LogP contribution in [0.4, 0.5) is 18.9 Å². The summed E-state index contributed by atoms with van der Waals surface area (Å²) in [6.07, 6.45) is -0.998. The first kappa shape index (κ1) is 22.1. The lowest BCUT2D eigenvalue weighted by Crippen LogP contribution is -2.17. The minimum atomic E-state index is -4.62. The largest absolute Gasteiger partial charge is 0.418 e. The number of amides is 1. The van der Waals surface area contributed by atoms with Crippen LogP contribution in [0.1, 0.15) is 35.3 Å². The number of aryl methyl sites for hydroxylation is 1. The Bertz CT molecular complexity index is 1080. The van der Waals surface area contributed by atoms with Crippen LogP contribution in [-0.4, -0.2) is 22.8 Å². The van der Waals surface area contributed by atoms with Crippen molar-refractivity contribution in [3.8, 4) is 11.1 Å². The van der Waals surface area contributed by atoms with Crippen LogP contribution in [0.25, 0.3) is 11.1 Å². The molecule has 0 aliphatic carbocycles. The van der Waals surface area contributed by atoms with Crippen molar-refractivity contribution in [2.24, 2.45) is 12.2 Å². The number of benzene rings is 2. The van der Waals surface area contributed by atoms with Gasteiger partial charge in [0.25, 0.3) is 5.91 Å². The van der Waals surface area contributed by atoms with Crippen molar-refractivity contribution in [1.82, 2.24) is 4.57 Å². The van der Waals surface area contributed by atoms with Crippen molar-refractivity contribution in [2.45, 2.75) is 26.1 Å². The van der Waals surface area contributed by atoms with E-state index < -0.39 is 23.2 Å². The maximum atomic E-state index is 13.3. The van der Waals surface area contributed by atoms with Crippen LogP contribution < -0.4 is 5.32 Å². The van der Waals surface area contributed by atoms with Gasteiger partial charge >= 0.3 is 6.18 Å². The third-order valence-electron chi connectivity index (χ3n) is 4.38. The van der Waals surface area contributed by atoms with Crippen LogP contribution in [0.15, 0.2) is 66.1 Å². The Morgan fingerprint density at radius 3 is 2.42 bits per heavy atom. The van der Waals surface area contributed by atoms with Gasteiger partial charge in [-0.25, -0.2) is 0 Å². The van der Waals surface area contributed by atoms with Crippen LogP contribution in [0.3, 0.4) is 0 Å². The standard InChI is InChI=1S/C23H22F3N3O2/c1-15(2)31-27-12-16-8-10-17(11-9-16)18-6-4-5-7-21(18)28-22(30)19-13-29(3)14-20(19)23(24,25)26/h4-15H,1-3H3,(H,28,30)/b27-12+. The molecule has 0 unspecified atom stereocenters. The molecule has 8 heteroatoms. The van der Waals surface area contributed by atoms with E-state index in [1.165, 1.54) is 11.6 Å². The van der Waals surface area contributed by atoms with E-state index in [1.54, 1.807) is 30.5 Å². The molecule has 0 bridgehead atoms. The molecular formula is C23H22F3N3O2. The Balaban J connectivity index is 1.85. The van der Waals surface area contributed by atoms with Crippen LogP contribution in [0.2, 0.25) is 0 Å². The predicted molar refractivity (Wildman–Crippen MR) is 114 cm³/mol. The minimum absolute atomic E-state index is 0.0199. The summed E-state index contributed by atoms with van der Waals surface area (Å²) in [5.74, 6) is -0.824. The molecule has 0 radical (unpaired) electrons. The molecular weight excluding hydrogens is 407 g/mol. The highest BCUT2D eigenvalue weighted by Crippen LogP contribution is 2.34. The zero-order chi connectivity index (χ0) is 22.6. The average Bonchev–Trinajstić information content (AvgIpc) is 3.11. The van der Waals surface area contributed by atoms with E-state index in [1.807, 2.05) is 38.1 Å². The van der Waals surface area contributed by atoms with Crippen molar-refractivity contribution in [3.63, 3.8) is 0 Å². The maximum Gasteiger partial charge on any atom is 0.418 e. The van der Waals surface area contributed by atoms with Gasteiger partial charge in [0.15, 0.2) is 0 Å². The van der Waals surface area contributed by atoms with E-state index >= 15 is 0 Å². The summed E-state index contributed by atoms with van der Waals surface area (Å²) in [6, 6.07) is 14.3. The highest BCUT2D eigenvalue weighted by Gasteiger charge is 2.36. The molecule has 0 aliphatic heterocycles. The molecule has 0 aliphatic rings. The highest BCUT2D eigenvalue weighted by molar-refractivity contribution is 6.07. The number of alkyl halides is 3. The number of carbonyl (C=O) groups excluding carboxylic acids is 1. The number of para-hydroxylation sites is 1. The number of nitrogens with one attached hydrogen (secondary N) is 1. The molecule has 0 fully saturated rings. The number of nitrogens with zero attached hydrogens (tertiary/aromatic N) is 2. The Hall–Kier alpha value is -3.55. The fourth-order valence-corrected chi connectivity index (χ4v) is 2.99. The van der Waals surface area contributed by atoms with Gasteiger partial charge in [0.2, 0.25) is 0 Å². The van der Waals surface area contributed by atoms with E-state index in [-0.39, 0.29) is 6.10 Å². The van der Waals surface area contributed by atoms with Gasteiger partial charge in [-0.1, -0.05) is 47.6 Å². The zero-order valence-corrected chi connectivity index (χ0v) is 17.3. The highest BCUT2D eigenvalue weighted by atomic mass is 19.4. The van der Waals surface area contributed by atoms with E-state index in [0.717, 1.165) is 23.5 Å². The van der Waals surface area contributed by atoms with Gasteiger partial charge < -0.3 is 14.7 Å². The summed E-state index contributed by atoms with van der Waals surface area (Å²) in [5, 5.41) is 6.50. The molecule has 1 aromatic heterocycles. The summed E-state index contributed by atoms with van der Waals surface area (Å²) in [5.41, 5.74) is 1.31. The molecule has 0 atom stereocenters. The molecule has 2 aromatic carbocycles. The van der Waals surface area contributed by atoms with Crippen molar-refractivity contribution >= 4 is 17.8 Å². The topological polar surface area (TPSA) is 55.6 Å². The molecule has 162 valence electrons. The fourth-order valence-electron chi connectivity index (χ4n) is 2.99. The number of anilines is 1. The Kier molecular flexibility index (Phi) is 6.48. The number of hydrogen-bond donors (Lipinski definition) is 1. The molecule has 3 aromatic rings. The van der Waals surface area contributed by atoms with Gasteiger partial charge in [0, 0.05) is 30.7 Å². The summed E-state index contributed by atoms with van der Waals surface area (Å²) in [7, 11) is 1.44. The third-order valence-corrected chi connectivity index (χ3v) is 4.38. The monoisotopic (exact) mass is 429 g/mol. The number of hydrogen-bond acceptors (Lipinski definition) is 3. The third kappa shape index (κ3) is 5.53. The lowest BCUT2D eigenvalue weighted by Gasteiger charge is -2.13. The van der Waals surface area contributed by atoms with Crippen LogP contribution >= 0.6 is 0 Å². The van der Waals surface area contributed by atoms with E-state index in [9.17, 15) is 18.0 Å². The van der Waals surface area contributed by atoms with Crippen LogP contribution in [0, 0.1) is 0 Å². The normalized spacial score (nSPS) is 11.8. The molecule has 0 saturated heterocycles. The molecule has 3 rings (SSSR count). The summed E-state index contributed by atoms with van der Waals surface area (Å²) in [6.45, 7) is 3.75. The smallest absolute Gasteiger partial charge is 0.393 e. The molecule has 31 heavy (non-hydrogen) atoms. The molecule has 0 spiro atoms. The van der Waals surface area contributed by atoms with Crippen molar-refractivity contribution in [3.05, 3.63) is 77.6 Å². The first-order valence-corrected chi connectivity index (χ1v) is 9.58. The predicted octanol–water partition coefficient (Wildman–Crippen LogP) is 5.72. The minimum Gasteiger partial charge on any atom is -0.393 e. The van der Waals surface area contributed by atoms with Gasteiger partial charge in [0.1, 0.15) is 6.10 Å². The summed E-state index contributed by atoms with van der Waals surface area (Å²) >= 11 is 0. The van der Waals surface area contributed by atoms with Crippen molar-refractivity contribution in [1.29, 1.82) is 0 Å². The lowest BCUT2D eigenvalue weighted by atomic mass is 10.0. The summed E-state index contributed by atoms with van der Waals surface area (Å²) in [4.78, 5) is 17.8. The number of oxime groups is 1. The van der Waals surface area contributed by atoms with Gasteiger partial charge in [-0.05, 0) is 31.0 Å². The quantitative estimate of drug-likeness (QED) is 0.402. The Morgan fingerprint density at radius 2 is 1.77 bits per heavy atom. The van der Waals surface area contributed by atoms with Crippen LogP contribution in [-0.2, 0) is 18.1 Å². The van der Waals surface area contributed by atoms with E-state index in [4.69, 9.17) is 4.84 Å². The molecule has 1 heterocycles. The first-order chi connectivity index (χ1) is 14.6. The SMILES string of the molecule is CC(C)O/N=C/c1ccc(-c2ccccc2NC(=O)c2cn(C)cc2C(F)(F)F)cc1. The Labute approximate surface area is 178 Å². The number of carbonyl (C=O) groups is 1. The summed E-state index contributed by atoms with van der Waals surface area (Å²) < 4.78 is 41.0. The lowest BCUT2D eigenvalue weighted by molar-refractivity contribution is -0.137. The molecule has 1 amide bonds. The second-order valence-electron chi connectivity index (χ2n) is 7.26. The molecule has 1 N–H and O–H groups in total. The molecule has 0 saturated carbocycles. The number of halogens is 3. The van der Waals surface area contributed by atoms with Gasteiger partial charge in [-0.15, -0.1) is 0 Å². The van der Waals surface area contributed by atoms with Crippen LogP contribution in [0.5, 0.6) is 0 Å². The maximum absolute atomic E-state index is 13.3. The Morgan fingerprint density at radius 1 is 1.10 bits per heavy atom. The number of rotatable bonds is 6. The first-order valence-electron chi connectivity index (χ1n) is 9.58. The van der Waals surface area contributed by atoms with Crippen molar-refractivity contribution < 1.29 is 22.8 Å². The second-order valence-corrected chi connectivity index (χ2v) is 7.26. The van der Waals surface area contributed by atoms with Gasteiger partial charge in [-0.2, -0.15) is 13.2 Å². The van der Waals surface area contributed by atoms with Crippen molar-refractivity contribution in [2.75, 3.05) is 5.32 Å². The van der Waals surface area contributed by atoms with Gasteiger partial charge in [0.05, 0.1) is 17.3 Å². The average molecular weight is 429 g/mol. The fraction of sp³-hybridized carbons (Fsp3) is 0.217. The van der Waals surface area contributed by atoms with E-state index in [2.05, 4.69) is 10.5 Å². The second kappa shape index (κ2) is 9.07. The van der Waals surface area contributed by atoms with Gasteiger partial charge in [-0.3, -0.25) is 4.79 Å².